The first-order valence-electron chi connectivity index (χ1n) is 8.09. The summed E-state index contributed by atoms with van der Waals surface area (Å²) < 4.78 is 14.7. The van der Waals surface area contributed by atoms with Crippen LogP contribution in [0.3, 0.4) is 0 Å². The zero-order chi connectivity index (χ0) is 17.6. The van der Waals surface area contributed by atoms with E-state index >= 15 is 0 Å². The molecule has 0 bridgehead atoms. The molecule has 6 nitrogen and oxygen atoms in total. The maximum Gasteiger partial charge on any atom is 0.276 e. The largest absolute Gasteiger partial charge is 0.295 e. The van der Waals surface area contributed by atoms with Gasteiger partial charge >= 0.3 is 0 Å². The summed E-state index contributed by atoms with van der Waals surface area (Å²) in [5.74, 6) is -0.669. The lowest BCUT2D eigenvalue weighted by molar-refractivity contribution is 0.102. The quantitative estimate of drug-likeness (QED) is 0.651. The zero-order valence-corrected chi connectivity index (χ0v) is 14.6. The summed E-state index contributed by atoms with van der Waals surface area (Å²) in [7, 11) is 0. The summed E-state index contributed by atoms with van der Waals surface area (Å²) in [6.45, 7) is 2.15. The van der Waals surface area contributed by atoms with Crippen molar-refractivity contribution in [2.45, 2.75) is 32.6 Å². The number of unbranched alkanes of at least 4 members (excludes halogenated alkanes) is 2. The van der Waals surface area contributed by atoms with E-state index in [4.69, 9.17) is 0 Å². The van der Waals surface area contributed by atoms with Crippen molar-refractivity contribution in [3.63, 3.8) is 0 Å². The molecular formula is C17H18FN5OS. The topological polar surface area (TPSA) is 72.7 Å². The Kier molecular flexibility index (Phi) is 5.49. The lowest BCUT2D eigenvalue weighted by Gasteiger charge is -2.07. The van der Waals surface area contributed by atoms with Crippen LogP contribution in [-0.4, -0.2) is 25.7 Å². The number of nitrogens with one attached hydrogen (secondary N) is 1. The molecule has 0 aliphatic rings. The Hall–Kier alpha value is -2.61. The van der Waals surface area contributed by atoms with Gasteiger partial charge in [0.1, 0.15) is 16.5 Å². The maximum atomic E-state index is 13.1. The van der Waals surface area contributed by atoms with E-state index in [1.165, 1.54) is 36.0 Å². The van der Waals surface area contributed by atoms with E-state index in [-0.39, 0.29) is 11.7 Å². The summed E-state index contributed by atoms with van der Waals surface area (Å²) in [6, 6.07) is 5.85. The first kappa shape index (κ1) is 17.2. The number of aryl methyl sites for hydroxylation is 1. The summed E-state index contributed by atoms with van der Waals surface area (Å²) in [6.07, 6.45) is 7.21. The number of anilines is 1. The number of benzene rings is 1. The fraction of sp³-hybridized carbons (Fsp3) is 0.294. The molecule has 2 heterocycles. The smallest absolute Gasteiger partial charge is 0.276 e. The highest BCUT2D eigenvalue weighted by molar-refractivity contribution is 7.15. The summed E-state index contributed by atoms with van der Waals surface area (Å²) >= 11 is 1.38. The molecule has 0 radical (unpaired) electrons. The predicted octanol–water partition coefficient (Wildman–Crippen LogP) is 3.85. The van der Waals surface area contributed by atoms with Gasteiger partial charge in [-0.05, 0) is 30.7 Å². The number of amides is 1. The number of aromatic nitrogens is 4. The molecular weight excluding hydrogens is 341 g/mol. The number of halogens is 1. The van der Waals surface area contributed by atoms with Crippen LogP contribution >= 0.6 is 11.3 Å². The standard InChI is InChI=1S/C17H18FN5OS/c1-2-3-4-5-15-21-22-17(25-15)20-16(24)14-10-19-11-23(14)13-8-6-12(18)7-9-13/h6-11H,2-5H2,1H3,(H,20,22,24). The molecule has 1 N–H and O–H groups in total. The van der Waals surface area contributed by atoms with Crippen LogP contribution < -0.4 is 5.32 Å². The van der Waals surface area contributed by atoms with E-state index in [0.717, 1.165) is 30.7 Å². The normalized spacial score (nSPS) is 10.8. The van der Waals surface area contributed by atoms with Crippen LogP contribution in [0.5, 0.6) is 0 Å². The van der Waals surface area contributed by atoms with Gasteiger partial charge in [0.15, 0.2) is 0 Å². The van der Waals surface area contributed by atoms with E-state index in [2.05, 4.69) is 27.4 Å². The molecule has 1 amide bonds. The number of imidazole rings is 1. The monoisotopic (exact) mass is 359 g/mol. The molecule has 0 fully saturated rings. The van der Waals surface area contributed by atoms with Crippen LogP contribution in [0.25, 0.3) is 5.69 Å². The minimum absolute atomic E-state index is 0.334. The van der Waals surface area contributed by atoms with Gasteiger partial charge < -0.3 is 0 Å². The van der Waals surface area contributed by atoms with Gasteiger partial charge in [-0.15, -0.1) is 10.2 Å². The van der Waals surface area contributed by atoms with E-state index in [0.29, 0.717) is 16.5 Å². The molecule has 25 heavy (non-hydrogen) atoms. The van der Waals surface area contributed by atoms with E-state index in [1.54, 1.807) is 16.7 Å². The average molecular weight is 359 g/mol. The second-order valence-electron chi connectivity index (χ2n) is 5.54. The van der Waals surface area contributed by atoms with E-state index in [9.17, 15) is 9.18 Å². The average Bonchev–Trinajstić information content (AvgIpc) is 3.25. The van der Waals surface area contributed by atoms with Crippen LogP contribution in [0.4, 0.5) is 9.52 Å². The predicted molar refractivity (Wildman–Crippen MR) is 94.6 cm³/mol. The Morgan fingerprint density at radius 3 is 2.80 bits per heavy atom. The highest BCUT2D eigenvalue weighted by Crippen LogP contribution is 2.19. The van der Waals surface area contributed by atoms with Gasteiger partial charge in [0.05, 0.1) is 12.5 Å². The van der Waals surface area contributed by atoms with Crippen LogP contribution in [0.2, 0.25) is 0 Å². The molecule has 0 saturated heterocycles. The minimum Gasteiger partial charge on any atom is -0.295 e. The second kappa shape index (κ2) is 7.98. The van der Waals surface area contributed by atoms with Crippen molar-refractivity contribution in [3.8, 4) is 5.69 Å². The summed E-state index contributed by atoms with van der Waals surface area (Å²) in [5, 5.41) is 12.2. The fourth-order valence-electron chi connectivity index (χ4n) is 2.36. The Bertz CT molecular complexity index is 843. The molecule has 0 spiro atoms. The van der Waals surface area contributed by atoms with Crippen LogP contribution in [0.15, 0.2) is 36.8 Å². The molecule has 0 aliphatic carbocycles. The van der Waals surface area contributed by atoms with Gasteiger partial charge in [-0.3, -0.25) is 14.7 Å². The van der Waals surface area contributed by atoms with Crippen molar-refractivity contribution >= 4 is 22.4 Å². The molecule has 0 saturated carbocycles. The first-order valence-corrected chi connectivity index (χ1v) is 8.91. The Balaban J connectivity index is 1.70. The SMILES string of the molecule is CCCCCc1nnc(NC(=O)c2cncn2-c2ccc(F)cc2)s1. The van der Waals surface area contributed by atoms with Crippen LogP contribution in [0.1, 0.15) is 41.7 Å². The fourth-order valence-corrected chi connectivity index (χ4v) is 3.14. The molecule has 3 aromatic rings. The number of nitrogens with zero attached hydrogens (tertiary/aromatic N) is 4. The van der Waals surface area contributed by atoms with Gasteiger partial charge in [0.25, 0.3) is 5.91 Å². The van der Waals surface area contributed by atoms with Crippen LogP contribution in [0, 0.1) is 5.82 Å². The van der Waals surface area contributed by atoms with Gasteiger partial charge in [0, 0.05) is 12.1 Å². The number of hydrogen-bond donors (Lipinski definition) is 1. The van der Waals surface area contributed by atoms with Crippen molar-refractivity contribution in [2.24, 2.45) is 0 Å². The molecule has 8 heteroatoms. The lowest BCUT2D eigenvalue weighted by atomic mass is 10.2. The third kappa shape index (κ3) is 4.27. The number of carbonyl (C=O) groups excluding carboxylic acids is 1. The van der Waals surface area contributed by atoms with E-state index < -0.39 is 0 Å². The summed E-state index contributed by atoms with van der Waals surface area (Å²) in [4.78, 5) is 16.5. The third-order valence-corrected chi connectivity index (χ3v) is 4.56. The first-order chi connectivity index (χ1) is 12.2. The minimum atomic E-state index is -0.335. The molecule has 0 unspecified atom stereocenters. The highest BCUT2D eigenvalue weighted by atomic mass is 32.1. The van der Waals surface area contributed by atoms with Crippen molar-refractivity contribution in [1.82, 2.24) is 19.7 Å². The Morgan fingerprint density at radius 1 is 1.24 bits per heavy atom. The second-order valence-corrected chi connectivity index (χ2v) is 6.60. The number of hydrogen-bond acceptors (Lipinski definition) is 5. The lowest BCUT2D eigenvalue weighted by Crippen LogP contribution is -2.16. The Morgan fingerprint density at radius 2 is 2.04 bits per heavy atom. The van der Waals surface area contributed by atoms with Gasteiger partial charge in [0.2, 0.25) is 5.13 Å². The van der Waals surface area contributed by atoms with Crippen molar-refractivity contribution in [3.05, 3.63) is 53.3 Å². The number of rotatable bonds is 7. The van der Waals surface area contributed by atoms with Gasteiger partial charge in [-0.25, -0.2) is 9.37 Å². The van der Waals surface area contributed by atoms with Gasteiger partial charge in [-0.1, -0.05) is 31.1 Å². The molecule has 2 aromatic heterocycles. The van der Waals surface area contributed by atoms with Crippen molar-refractivity contribution in [1.29, 1.82) is 0 Å². The van der Waals surface area contributed by atoms with Gasteiger partial charge in [-0.2, -0.15) is 0 Å². The molecule has 0 atom stereocenters. The Labute approximate surface area is 148 Å². The zero-order valence-electron chi connectivity index (χ0n) is 13.8. The molecule has 130 valence electrons. The highest BCUT2D eigenvalue weighted by Gasteiger charge is 2.15. The molecule has 1 aromatic carbocycles. The van der Waals surface area contributed by atoms with Crippen molar-refractivity contribution in [2.75, 3.05) is 5.32 Å². The van der Waals surface area contributed by atoms with Crippen LogP contribution in [-0.2, 0) is 6.42 Å². The third-order valence-electron chi connectivity index (χ3n) is 3.66. The number of carbonyl (C=O) groups is 1. The van der Waals surface area contributed by atoms with E-state index in [1.807, 2.05) is 0 Å². The molecule has 0 aliphatic heterocycles. The summed E-state index contributed by atoms with van der Waals surface area (Å²) in [5.41, 5.74) is 0.996. The maximum absolute atomic E-state index is 13.1. The van der Waals surface area contributed by atoms with Crippen molar-refractivity contribution < 1.29 is 9.18 Å². The molecule has 3 rings (SSSR count).